The summed E-state index contributed by atoms with van der Waals surface area (Å²) in [4.78, 5) is 24.0. The lowest BCUT2D eigenvalue weighted by molar-refractivity contribution is -0.120. The number of hydrogen-bond acceptors (Lipinski definition) is 2. The van der Waals surface area contributed by atoms with Gasteiger partial charge in [0, 0.05) is 23.7 Å². The Morgan fingerprint density at radius 1 is 0.957 bits per heavy atom. The van der Waals surface area contributed by atoms with Gasteiger partial charge in [0.2, 0.25) is 5.91 Å². The van der Waals surface area contributed by atoms with E-state index < -0.39 is 0 Å². The van der Waals surface area contributed by atoms with Gasteiger partial charge in [0.05, 0.1) is 0 Å². The van der Waals surface area contributed by atoms with Crippen molar-refractivity contribution in [1.29, 1.82) is 0 Å². The van der Waals surface area contributed by atoms with E-state index in [0.717, 1.165) is 31.4 Å². The average Bonchev–Trinajstić information content (AvgIpc) is 2.56. The van der Waals surface area contributed by atoms with Crippen molar-refractivity contribution in [3.8, 4) is 0 Å². The second-order valence-electron chi connectivity index (χ2n) is 5.90. The van der Waals surface area contributed by atoms with Crippen LogP contribution in [0.5, 0.6) is 0 Å². The maximum absolute atomic E-state index is 12.0. The summed E-state index contributed by atoms with van der Waals surface area (Å²) in [7, 11) is 0. The smallest absolute Gasteiger partial charge is 0.251 e. The van der Waals surface area contributed by atoms with Gasteiger partial charge in [-0.05, 0) is 43.5 Å². The maximum Gasteiger partial charge on any atom is 0.251 e. The van der Waals surface area contributed by atoms with Crippen LogP contribution in [0.25, 0.3) is 0 Å². The van der Waals surface area contributed by atoms with E-state index in [-0.39, 0.29) is 17.7 Å². The van der Waals surface area contributed by atoms with E-state index in [9.17, 15) is 9.59 Å². The van der Waals surface area contributed by atoms with Crippen LogP contribution in [0.2, 0.25) is 0 Å². The Kier molecular flexibility index (Phi) is 9.03. The van der Waals surface area contributed by atoms with Gasteiger partial charge in [-0.1, -0.05) is 40.0 Å². The van der Waals surface area contributed by atoms with Gasteiger partial charge in [0.25, 0.3) is 5.91 Å². The molecule has 23 heavy (non-hydrogen) atoms. The molecule has 0 spiro atoms. The molecule has 1 aromatic carbocycles. The summed E-state index contributed by atoms with van der Waals surface area (Å²) >= 11 is 0. The SMILES string of the molecule is CCCCCCNC(=O)c1ccc(NC(=O)C(CC)CC)cc1. The molecule has 0 heterocycles. The number of anilines is 1. The minimum absolute atomic E-state index is 0.0427. The summed E-state index contributed by atoms with van der Waals surface area (Å²) in [5.74, 6) is 0.0311. The summed E-state index contributed by atoms with van der Waals surface area (Å²) < 4.78 is 0. The third-order valence-corrected chi connectivity index (χ3v) is 4.09. The molecule has 0 fully saturated rings. The Balaban J connectivity index is 2.46. The minimum atomic E-state index is -0.0561. The lowest BCUT2D eigenvalue weighted by atomic mass is 10.0. The molecule has 0 aliphatic heterocycles. The van der Waals surface area contributed by atoms with E-state index >= 15 is 0 Å². The van der Waals surface area contributed by atoms with Crippen LogP contribution >= 0.6 is 0 Å². The number of nitrogens with one attached hydrogen (secondary N) is 2. The molecule has 0 aromatic heterocycles. The fourth-order valence-electron chi connectivity index (χ4n) is 2.46. The number of benzene rings is 1. The topological polar surface area (TPSA) is 58.2 Å². The third-order valence-electron chi connectivity index (χ3n) is 4.09. The summed E-state index contributed by atoms with van der Waals surface area (Å²) in [5.41, 5.74) is 1.36. The Bertz CT molecular complexity index is 479. The van der Waals surface area contributed by atoms with Crippen molar-refractivity contribution in [2.45, 2.75) is 59.3 Å². The molecule has 2 amide bonds. The first-order valence-corrected chi connectivity index (χ1v) is 8.81. The predicted molar refractivity (Wildman–Crippen MR) is 95.6 cm³/mol. The molecule has 0 unspecified atom stereocenters. The first kappa shape index (κ1) is 19.2. The van der Waals surface area contributed by atoms with E-state index in [1.165, 1.54) is 12.8 Å². The Morgan fingerprint density at radius 2 is 1.61 bits per heavy atom. The largest absolute Gasteiger partial charge is 0.352 e. The van der Waals surface area contributed by atoms with Crippen LogP contribution in [-0.4, -0.2) is 18.4 Å². The zero-order valence-electron chi connectivity index (χ0n) is 14.7. The summed E-state index contributed by atoms with van der Waals surface area (Å²) in [6.45, 7) is 6.91. The molecule has 0 saturated heterocycles. The number of unbranched alkanes of at least 4 members (excludes halogenated alkanes) is 3. The number of amides is 2. The minimum Gasteiger partial charge on any atom is -0.352 e. The molecular formula is C19H30N2O2. The molecule has 0 aliphatic rings. The van der Waals surface area contributed by atoms with Crippen LogP contribution in [0.15, 0.2) is 24.3 Å². The molecular weight excluding hydrogens is 288 g/mol. The predicted octanol–water partition coefficient (Wildman–Crippen LogP) is 4.37. The number of carbonyl (C=O) groups is 2. The molecule has 1 rings (SSSR count). The molecule has 4 heteroatoms. The number of rotatable bonds is 10. The quantitative estimate of drug-likeness (QED) is 0.629. The van der Waals surface area contributed by atoms with Gasteiger partial charge in [-0.3, -0.25) is 9.59 Å². The molecule has 0 radical (unpaired) electrons. The summed E-state index contributed by atoms with van der Waals surface area (Å²) in [5, 5.41) is 5.83. The van der Waals surface area contributed by atoms with Crippen molar-refractivity contribution in [3.05, 3.63) is 29.8 Å². The van der Waals surface area contributed by atoms with E-state index in [1.807, 2.05) is 13.8 Å². The first-order chi connectivity index (χ1) is 11.1. The van der Waals surface area contributed by atoms with Crippen LogP contribution in [-0.2, 0) is 4.79 Å². The fraction of sp³-hybridized carbons (Fsp3) is 0.579. The van der Waals surface area contributed by atoms with Crippen LogP contribution in [0, 0.1) is 5.92 Å². The molecule has 1 aromatic rings. The normalized spacial score (nSPS) is 10.6. The van der Waals surface area contributed by atoms with Crippen molar-refractivity contribution in [1.82, 2.24) is 5.32 Å². The summed E-state index contributed by atoms with van der Waals surface area (Å²) in [6, 6.07) is 7.08. The number of carbonyl (C=O) groups excluding carboxylic acids is 2. The molecule has 2 N–H and O–H groups in total. The zero-order chi connectivity index (χ0) is 17.1. The fourth-order valence-corrected chi connectivity index (χ4v) is 2.46. The monoisotopic (exact) mass is 318 g/mol. The van der Waals surface area contributed by atoms with Crippen molar-refractivity contribution < 1.29 is 9.59 Å². The van der Waals surface area contributed by atoms with Crippen LogP contribution in [0.3, 0.4) is 0 Å². The molecule has 0 bridgehead atoms. The van der Waals surface area contributed by atoms with E-state index in [0.29, 0.717) is 12.1 Å². The van der Waals surface area contributed by atoms with Gasteiger partial charge < -0.3 is 10.6 Å². The lowest BCUT2D eigenvalue weighted by Crippen LogP contribution is -2.24. The van der Waals surface area contributed by atoms with Crippen molar-refractivity contribution in [2.24, 2.45) is 5.92 Å². The van der Waals surface area contributed by atoms with Crippen molar-refractivity contribution >= 4 is 17.5 Å². The van der Waals surface area contributed by atoms with Gasteiger partial charge in [-0.15, -0.1) is 0 Å². The van der Waals surface area contributed by atoms with Gasteiger partial charge in [0.1, 0.15) is 0 Å². The van der Waals surface area contributed by atoms with Gasteiger partial charge in [0.15, 0.2) is 0 Å². The second-order valence-corrected chi connectivity index (χ2v) is 5.90. The highest BCUT2D eigenvalue weighted by Crippen LogP contribution is 2.14. The van der Waals surface area contributed by atoms with E-state index in [1.54, 1.807) is 24.3 Å². The third kappa shape index (κ3) is 6.85. The maximum atomic E-state index is 12.0. The molecule has 128 valence electrons. The standard InChI is InChI=1S/C19H30N2O2/c1-4-7-8-9-14-20-18(22)16-10-12-17(13-11-16)21-19(23)15(5-2)6-3/h10-13,15H,4-9,14H2,1-3H3,(H,20,22)(H,21,23). The average molecular weight is 318 g/mol. The van der Waals surface area contributed by atoms with Gasteiger partial charge in [-0.2, -0.15) is 0 Å². The van der Waals surface area contributed by atoms with Crippen LogP contribution in [0.1, 0.15) is 69.7 Å². The first-order valence-electron chi connectivity index (χ1n) is 8.81. The van der Waals surface area contributed by atoms with Gasteiger partial charge >= 0.3 is 0 Å². The van der Waals surface area contributed by atoms with Gasteiger partial charge in [-0.25, -0.2) is 0 Å². The molecule has 4 nitrogen and oxygen atoms in total. The highest BCUT2D eigenvalue weighted by atomic mass is 16.2. The van der Waals surface area contributed by atoms with Crippen LogP contribution in [0.4, 0.5) is 5.69 Å². The van der Waals surface area contributed by atoms with E-state index in [2.05, 4.69) is 17.6 Å². The van der Waals surface area contributed by atoms with E-state index in [4.69, 9.17) is 0 Å². The zero-order valence-corrected chi connectivity index (χ0v) is 14.7. The Labute approximate surface area is 140 Å². The van der Waals surface area contributed by atoms with Crippen molar-refractivity contribution in [3.63, 3.8) is 0 Å². The molecule has 0 atom stereocenters. The Hall–Kier alpha value is -1.84. The lowest BCUT2D eigenvalue weighted by Gasteiger charge is -2.13. The highest BCUT2D eigenvalue weighted by Gasteiger charge is 2.14. The summed E-state index contributed by atoms with van der Waals surface area (Å²) in [6.07, 6.45) is 6.24. The number of hydrogen-bond donors (Lipinski definition) is 2. The highest BCUT2D eigenvalue weighted by molar-refractivity contribution is 5.96. The molecule has 0 aliphatic carbocycles. The Morgan fingerprint density at radius 3 is 2.17 bits per heavy atom. The van der Waals surface area contributed by atoms with Crippen molar-refractivity contribution in [2.75, 3.05) is 11.9 Å². The van der Waals surface area contributed by atoms with Crippen LogP contribution < -0.4 is 10.6 Å². The second kappa shape index (κ2) is 10.8. The molecule has 0 saturated carbocycles.